The Morgan fingerprint density at radius 2 is 1.08 bits per heavy atom. The Balaban J connectivity index is 3.64. The maximum absolute atomic E-state index is 11.4. The van der Waals surface area contributed by atoms with E-state index in [2.05, 4.69) is 13.8 Å². The summed E-state index contributed by atoms with van der Waals surface area (Å²) >= 11 is 0. The van der Waals surface area contributed by atoms with E-state index in [4.69, 9.17) is 0 Å². The summed E-state index contributed by atoms with van der Waals surface area (Å²) in [4.78, 5) is 0. The molecule has 2 N–H and O–H groups in total. The fourth-order valence-electron chi connectivity index (χ4n) is 3.11. The first kappa shape index (κ1) is 23.9. The zero-order valence-electron chi connectivity index (χ0n) is 15.9. The number of rotatable bonds is 17. The van der Waals surface area contributed by atoms with Gasteiger partial charge in [0, 0.05) is 0 Å². The van der Waals surface area contributed by atoms with E-state index in [1.54, 1.807) is 0 Å². The van der Waals surface area contributed by atoms with Gasteiger partial charge in [-0.25, -0.2) is 0 Å². The first-order valence-electron chi connectivity index (χ1n) is 10.1. The molecular weight excluding hydrogens is 324 g/mol. The second-order valence-electron chi connectivity index (χ2n) is 7.13. The predicted molar refractivity (Wildman–Crippen MR) is 102 cm³/mol. The fraction of sp³-hybridized carbons (Fsp3) is 1.00. The molecule has 0 aromatic rings. The van der Waals surface area contributed by atoms with Gasteiger partial charge in [0.2, 0.25) is 0 Å². The molecule has 0 rings (SSSR count). The zero-order valence-corrected chi connectivity index (χ0v) is 16.7. The lowest BCUT2D eigenvalue weighted by molar-refractivity contribution is 0.148. The van der Waals surface area contributed by atoms with Crippen LogP contribution in [0.1, 0.15) is 110 Å². The minimum absolute atomic E-state index is 0.136. The molecule has 0 saturated heterocycles. The smallest absolute Gasteiger partial charge is 0.267 e. The molecule has 0 aliphatic rings. The predicted octanol–water partition coefficient (Wildman–Crippen LogP) is 5.50. The zero-order chi connectivity index (χ0) is 18.3. The molecule has 24 heavy (non-hydrogen) atoms. The van der Waals surface area contributed by atoms with Crippen molar-refractivity contribution >= 4 is 10.1 Å². The number of aliphatic hydroxyl groups is 1. The monoisotopic (exact) mass is 364 g/mol. The Bertz CT molecular complexity index is 368. The summed E-state index contributed by atoms with van der Waals surface area (Å²) in [6, 6.07) is 0. The van der Waals surface area contributed by atoms with Crippen molar-refractivity contribution < 1.29 is 18.1 Å². The summed E-state index contributed by atoms with van der Waals surface area (Å²) < 4.78 is 32.1. The Kier molecular flexibility index (Phi) is 15.1. The second kappa shape index (κ2) is 15.2. The third kappa shape index (κ3) is 14.2. The van der Waals surface area contributed by atoms with Gasteiger partial charge in [0.25, 0.3) is 10.1 Å². The number of hydrogen-bond acceptors (Lipinski definition) is 3. The molecule has 2 atom stereocenters. The molecule has 0 saturated carbocycles. The maximum Gasteiger partial charge on any atom is 0.267 e. The quantitative estimate of drug-likeness (QED) is 0.264. The number of aliphatic hydroxyl groups excluding tert-OH is 1. The molecule has 146 valence electrons. The highest BCUT2D eigenvalue weighted by molar-refractivity contribution is 7.86. The summed E-state index contributed by atoms with van der Waals surface area (Å²) in [7, 11) is -3.89. The van der Waals surface area contributed by atoms with E-state index in [0.29, 0.717) is 12.8 Å². The van der Waals surface area contributed by atoms with E-state index in [-0.39, 0.29) is 6.10 Å². The highest BCUT2D eigenvalue weighted by Crippen LogP contribution is 2.18. The molecule has 0 radical (unpaired) electrons. The van der Waals surface area contributed by atoms with Crippen LogP contribution in [0, 0.1) is 0 Å². The average molecular weight is 365 g/mol. The summed E-state index contributed by atoms with van der Waals surface area (Å²) in [6.45, 7) is 4.23. The van der Waals surface area contributed by atoms with Crippen molar-refractivity contribution in [3.63, 3.8) is 0 Å². The van der Waals surface area contributed by atoms with E-state index in [9.17, 15) is 18.1 Å². The lowest BCUT2D eigenvalue weighted by Gasteiger charge is -2.13. The van der Waals surface area contributed by atoms with Crippen LogP contribution in [0.2, 0.25) is 0 Å². The second-order valence-corrected chi connectivity index (χ2v) is 8.82. The van der Waals surface area contributed by atoms with Crippen LogP contribution in [-0.4, -0.2) is 29.4 Å². The van der Waals surface area contributed by atoms with Crippen LogP contribution in [0.4, 0.5) is 0 Å². The molecule has 0 aromatic carbocycles. The highest BCUT2D eigenvalue weighted by Gasteiger charge is 2.21. The molecule has 0 amide bonds. The molecule has 0 spiro atoms. The molecule has 2 unspecified atom stereocenters. The van der Waals surface area contributed by atoms with Crippen LogP contribution >= 0.6 is 0 Å². The molecule has 0 aliphatic heterocycles. The molecule has 4 nitrogen and oxygen atoms in total. The summed E-state index contributed by atoms with van der Waals surface area (Å²) in [5.41, 5.74) is 0. The normalized spacial score (nSPS) is 14.7. The highest BCUT2D eigenvalue weighted by atomic mass is 32.2. The average Bonchev–Trinajstić information content (AvgIpc) is 2.52. The Morgan fingerprint density at radius 3 is 1.58 bits per heavy atom. The van der Waals surface area contributed by atoms with Crippen molar-refractivity contribution in [2.45, 2.75) is 122 Å². The van der Waals surface area contributed by atoms with E-state index in [1.807, 2.05) is 0 Å². The SMILES string of the molecule is CCCCCC(CCCCCCCCC(O)CCCC)S(=O)(=O)O. The van der Waals surface area contributed by atoms with Gasteiger partial charge in [-0.15, -0.1) is 0 Å². The molecule has 0 fully saturated rings. The lowest BCUT2D eigenvalue weighted by Crippen LogP contribution is -2.20. The Morgan fingerprint density at radius 1 is 0.667 bits per heavy atom. The van der Waals surface area contributed by atoms with Gasteiger partial charge in [0.05, 0.1) is 11.4 Å². The van der Waals surface area contributed by atoms with Gasteiger partial charge < -0.3 is 5.11 Å². The summed E-state index contributed by atoms with van der Waals surface area (Å²) in [5.74, 6) is 0. The Hall–Kier alpha value is -0.130. The minimum Gasteiger partial charge on any atom is -0.393 e. The fourth-order valence-corrected chi connectivity index (χ4v) is 4.04. The van der Waals surface area contributed by atoms with Gasteiger partial charge in [-0.1, -0.05) is 84.5 Å². The van der Waals surface area contributed by atoms with Crippen LogP contribution in [0.5, 0.6) is 0 Å². The van der Waals surface area contributed by atoms with Crippen LogP contribution < -0.4 is 0 Å². The first-order chi connectivity index (χ1) is 11.4. The molecule has 0 aromatic heterocycles. The third-order valence-electron chi connectivity index (χ3n) is 4.76. The van der Waals surface area contributed by atoms with Crippen LogP contribution in [0.3, 0.4) is 0 Å². The van der Waals surface area contributed by atoms with Crippen LogP contribution in [0.25, 0.3) is 0 Å². The number of hydrogen-bond donors (Lipinski definition) is 2. The van der Waals surface area contributed by atoms with E-state index >= 15 is 0 Å². The van der Waals surface area contributed by atoms with Gasteiger partial charge in [-0.3, -0.25) is 4.55 Å². The van der Waals surface area contributed by atoms with Gasteiger partial charge in [-0.2, -0.15) is 8.42 Å². The van der Waals surface area contributed by atoms with Crippen LogP contribution in [0.15, 0.2) is 0 Å². The minimum atomic E-state index is -3.89. The van der Waals surface area contributed by atoms with Crippen molar-refractivity contribution in [1.29, 1.82) is 0 Å². The van der Waals surface area contributed by atoms with E-state index in [1.165, 1.54) is 0 Å². The van der Waals surface area contributed by atoms with Crippen molar-refractivity contribution in [1.82, 2.24) is 0 Å². The van der Waals surface area contributed by atoms with Crippen molar-refractivity contribution in [3.8, 4) is 0 Å². The molecule has 0 bridgehead atoms. The largest absolute Gasteiger partial charge is 0.393 e. The molecular formula is C19H40O4S. The number of unbranched alkanes of at least 4 members (excludes halogenated alkanes) is 8. The topological polar surface area (TPSA) is 74.6 Å². The van der Waals surface area contributed by atoms with Gasteiger partial charge in [-0.05, 0) is 25.7 Å². The van der Waals surface area contributed by atoms with Crippen LogP contribution in [-0.2, 0) is 10.1 Å². The summed E-state index contributed by atoms with van der Waals surface area (Å²) in [6.07, 6.45) is 14.4. The third-order valence-corrected chi connectivity index (χ3v) is 6.07. The summed E-state index contributed by atoms with van der Waals surface area (Å²) in [5, 5.41) is 9.19. The Labute approximate surface area is 150 Å². The standard InChI is InChI=1S/C19H40O4S/c1-3-5-11-16-19(24(21,22)23)17-13-10-8-7-9-12-15-18(20)14-6-4-2/h18-20H,3-17H2,1-2H3,(H,21,22,23). The van der Waals surface area contributed by atoms with Crippen molar-refractivity contribution in [2.24, 2.45) is 0 Å². The molecule has 0 aliphatic carbocycles. The van der Waals surface area contributed by atoms with E-state index in [0.717, 1.165) is 83.5 Å². The first-order valence-corrected chi connectivity index (χ1v) is 11.6. The van der Waals surface area contributed by atoms with Crippen molar-refractivity contribution in [3.05, 3.63) is 0 Å². The maximum atomic E-state index is 11.4. The van der Waals surface area contributed by atoms with Gasteiger partial charge >= 0.3 is 0 Å². The van der Waals surface area contributed by atoms with E-state index < -0.39 is 15.4 Å². The lowest BCUT2D eigenvalue weighted by atomic mass is 10.0. The molecule has 0 heterocycles. The molecule has 5 heteroatoms. The van der Waals surface area contributed by atoms with Crippen molar-refractivity contribution in [2.75, 3.05) is 0 Å². The van der Waals surface area contributed by atoms with Gasteiger partial charge in [0.15, 0.2) is 0 Å². The van der Waals surface area contributed by atoms with Gasteiger partial charge in [0.1, 0.15) is 0 Å².